The quantitative estimate of drug-likeness (QED) is 0.667. The van der Waals surface area contributed by atoms with E-state index in [-0.39, 0.29) is 5.88 Å². The fourth-order valence-electron chi connectivity index (χ4n) is 0.596. The summed E-state index contributed by atoms with van der Waals surface area (Å²) in [6.07, 6.45) is 0. The lowest BCUT2D eigenvalue weighted by atomic mass is 10.4. The molecule has 0 aromatic carbocycles. The van der Waals surface area contributed by atoms with E-state index >= 15 is 0 Å². The molecule has 0 spiro atoms. The summed E-state index contributed by atoms with van der Waals surface area (Å²) in [7, 11) is 1.33. The van der Waals surface area contributed by atoms with Crippen molar-refractivity contribution in [3.8, 4) is 5.88 Å². The predicted octanol–water partition coefficient (Wildman–Crippen LogP) is 1.41. The summed E-state index contributed by atoms with van der Waals surface area (Å²) in [6.45, 7) is 0. The molecule has 11 heavy (non-hydrogen) atoms. The van der Waals surface area contributed by atoms with Crippen molar-refractivity contribution in [3.63, 3.8) is 0 Å². The summed E-state index contributed by atoms with van der Waals surface area (Å²) < 4.78 is 25.4. The van der Waals surface area contributed by atoms with Crippen LogP contribution in [0.1, 0.15) is 5.69 Å². The average Bonchev–Trinajstić information content (AvgIpc) is 2.11. The van der Waals surface area contributed by atoms with Crippen LogP contribution < -0.4 is 0 Å². The van der Waals surface area contributed by atoms with Gasteiger partial charge in [-0.25, -0.2) is 4.68 Å². The number of aryl methyl sites for hydroxylation is 1. The van der Waals surface area contributed by atoms with Crippen LogP contribution in [0.15, 0.2) is 6.07 Å². The van der Waals surface area contributed by atoms with Gasteiger partial charge in [0.05, 0.1) is 0 Å². The van der Waals surface area contributed by atoms with Crippen molar-refractivity contribution >= 4 is 11.6 Å². The fraction of sp³-hybridized carbons (Fsp3) is 0.400. The van der Waals surface area contributed by atoms with Crippen LogP contribution in [0.4, 0.5) is 8.78 Å². The summed E-state index contributed by atoms with van der Waals surface area (Å²) in [5.74, 6) is -0.347. The molecule has 1 aromatic heterocycles. The monoisotopic (exact) mass is 182 g/mol. The second-order valence-corrected chi connectivity index (χ2v) is 2.48. The lowest BCUT2D eigenvalue weighted by Gasteiger charge is -2.00. The molecule has 1 heterocycles. The molecule has 1 N–H and O–H groups in total. The smallest absolute Gasteiger partial charge is 0.366 e. The number of halogens is 3. The van der Waals surface area contributed by atoms with Crippen molar-refractivity contribution in [1.82, 2.24) is 9.78 Å². The minimum atomic E-state index is -3.52. The zero-order valence-electron chi connectivity index (χ0n) is 5.55. The lowest BCUT2D eigenvalue weighted by Crippen LogP contribution is -2.04. The Morgan fingerprint density at radius 1 is 1.73 bits per heavy atom. The molecular formula is C5H5ClF2N2O. The van der Waals surface area contributed by atoms with Crippen LogP contribution in [0.2, 0.25) is 0 Å². The third-order valence-corrected chi connectivity index (χ3v) is 1.34. The first-order valence-electron chi connectivity index (χ1n) is 2.71. The van der Waals surface area contributed by atoms with Crippen molar-refractivity contribution in [2.75, 3.05) is 0 Å². The molecule has 62 valence electrons. The Morgan fingerprint density at radius 2 is 2.27 bits per heavy atom. The van der Waals surface area contributed by atoms with Gasteiger partial charge < -0.3 is 5.11 Å². The maximum Gasteiger partial charge on any atom is 0.366 e. The number of hydrogen-bond donors (Lipinski definition) is 1. The average molecular weight is 183 g/mol. The molecule has 0 aliphatic heterocycles. The lowest BCUT2D eigenvalue weighted by molar-refractivity contribution is 0.0892. The standard InChI is InChI=1S/C5H5ClF2N2O/c1-10-4(11)2-3(9-10)5(6,7)8/h2,11H,1H3. The van der Waals surface area contributed by atoms with Crippen LogP contribution in [0.3, 0.4) is 0 Å². The van der Waals surface area contributed by atoms with Crippen LogP contribution in [0.25, 0.3) is 0 Å². The van der Waals surface area contributed by atoms with Crippen molar-refractivity contribution in [2.24, 2.45) is 7.05 Å². The van der Waals surface area contributed by atoms with Crippen molar-refractivity contribution in [1.29, 1.82) is 0 Å². The number of aromatic hydroxyl groups is 1. The molecule has 0 saturated heterocycles. The Morgan fingerprint density at radius 3 is 2.45 bits per heavy atom. The number of nitrogens with zero attached hydrogens (tertiary/aromatic N) is 2. The van der Waals surface area contributed by atoms with E-state index in [9.17, 15) is 8.78 Å². The molecule has 0 atom stereocenters. The van der Waals surface area contributed by atoms with Gasteiger partial charge in [0.1, 0.15) is 0 Å². The van der Waals surface area contributed by atoms with Crippen LogP contribution in [0.5, 0.6) is 5.88 Å². The van der Waals surface area contributed by atoms with E-state index in [1.165, 1.54) is 7.05 Å². The van der Waals surface area contributed by atoms with Gasteiger partial charge in [0.15, 0.2) is 5.69 Å². The highest BCUT2D eigenvalue weighted by Crippen LogP contribution is 2.32. The molecule has 6 heteroatoms. The highest BCUT2D eigenvalue weighted by molar-refractivity contribution is 6.21. The second-order valence-electron chi connectivity index (χ2n) is 2.01. The Labute approximate surface area is 66.2 Å². The highest BCUT2D eigenvalue weighted by atomic mass is 35.5. The van der Waals surface area contributed by atoms with E-state index in [0.717, 1.165) is 10.7 Å². The largest absolute Gasteiger partial charge is 0.493 e. The van der Waals surface area contributed by atoms with E-state index in [2.05, 4.69) is 16.7 Å². The second kappa shape index (κ2) is 2.34. The normalized spacial score (nSPS) is 12.0. The van der Waals surface area contributed by atoms with E-state index in [0.29, 0.717) is 0 Å². The maximum absolute atomic E-state index is 12.2. The first-order valence-corrected chi connectivity index (χ1v) is 3.09. The highest BCUT2D eigenvalue weighted by Gasteiger charge is 2.31. The summed E-state index contributed by atoms with van der Waals surface area (Å²) >= 11 is 4.62. The SMILES string of the molecule is Cn1nc(C(F)(F)Cl)cc1O. The Balaban J connectivity index is 3.08. The predicted molar refractivity (Wildman–Crippen MR) is 34.6 cm³/mol. The summed E-state index contributed by atoms with van der Waals surface area (Å²) in [5.41, 5.74) is -0.654. The van der Waals surface area contributed by atoms with Crippen LogP contribution in [0, 0.1) is 0 Å². The Hall–Kier alpha value is -0.840. The van der Waals surface area contributed by atoms with Gasteiger partial charge in [-0.05, 0) is 11.6 Å². The van der Waals surface area contributed by atoms with Gasteiger partial charge in [0.2, 0.25) is 5.88 Å². The molecule has 0 bridgehead atoms. The third kappa shape index (κ3) is 1.59. The first-order chi connectivity index (χ1) is 4.91. The van der Waals surface area contributed by atoms with E-state index in [1.54, 1.807) is 0 Å². The molecule has 0 fully saturated rings. The molecule has 0 aliphatic rings. The summed E-state index contributed by atoms with van der Waals surface area (Å²) in [6, 6.07) is 0.812. The van der Waals surface area contributed by atoms with Gasteiger partial charge in [0, 0.05) is 13.1 Å². The number of rotatable bonds is 1. The minimum Gasteiger partial charge on any atom is -0.493 e. The maximum atomic E-state index is 12.2. The molecule has 1 aromatic rings. The molecule has 3 nitrogen and oxygen atoms in total. The van der Waals surface area contributed by atoms with Gasteiger partial charge in [-0.3, -0.25) is 0 Å². The third-order valence-electron chi connectivity index (χ3n) is 1.15. The first kappa shape index (κ1) is 8.26. The van der Waals surface area contributed by atoms with Gasteiger partial charge in [0.25, 0.3) is 0 Å². The summed E-state index contributed by atoms with van der Waals surface area (Å²) in [4.78, 5) is 0. The van der Waals surface area contributed by atoms with E-state index < -0.39 is 11.1 Å². The zero-order valence-corrected chi connectivity index (χ0v) is 6.31. The van der Waals surface area contributed by atoms with Crippen molar-refractivity contribution in [3.05, 3.63) is 11.8 Å². The number of aromatic nitrogens is 2. The number of hydrogen-bond acceptors (Lipinski definition) is 2. The zero-order chi connectivity index (χ0) is 8.65. The Bertz CT molecular complexity index is 248. The minimum absolute atomic E-state index is 0.347. The number of alkyl halides is 3. The Kier molecular flexibility index (Phi) is 1.75. The van der Waals surface area contributed by atoms with Crippen LogP contribution >= 0.6 is 11.6 Å². The molecule has 0 radical (unpaired) electrons. The topological polar surface area (TPSA) is 38.0 Å². The van der Waals surface area contributed by atoms with Crippen molar-refractivity contribution in [2.45, 2.75) is 5.38 Å². The fourth-order valence-corrected chi connectivity index (χ4v) is 0.688. The van der Waals surface area contributed by atoms with Crippen LogP contribution in [-0.4, -0.2) is 14.9 Å². The molecule has 0 aliphatic carbocycles. The van der Waals surface area contributed by atoms with Crippen LogP contribution in [-0.2, 0) is 12.4 Å². The molecule has 1 rings (SSSR count). The van der Waals surface area contributed by atoms with Gasteiger partial charge in [-0.2, -0.15) is 13.9 Å². The van der Waals surface area contributed by atoms with E-state index in [1.807, 2.05) is 0 Å². The molecule has 0 amide bonds. The van der Waals surface area contributed by atoms with Gasteiger partial charge >= 0.3 is 5.38 Å². The van der Waals surface area contributed by atoms with E-state index in [4.69, 9.17) is 5.11 Å². The van der Waals surface area contributed by atoms with Crippen molar-refractivity contribution < 1.29 is 13.9 Å². The van der Waals surface area contributed by atoms with Gasteiger partial charge in [-0.15, -0.1) is 0 Å². The molecular weight excluding hydrogens is 178 g/mol. The van der Waals surface area contributed by atoms with Gasteiger partial charge in [-0.1, -0.05) is 0 Å². The molecule has 0 unspecified atom stereocenters. The molecule has 0 saturated carbocycles. The summed E-state index contributed by atoms with van der Waals surface area (Å²) in [5, 5.41) is 8.56.